The third kappa shape index (κ3) is 2.67. The second-order valence-electron chi connectivity index (χ2n) is 4.54. The fraction of sp³-hybridized carbons (Fsp3) is 0.231. The average Bonchev–Trinajstić information content (AvgIpc) is 2.76. The topological polar surface area (TPSA) is 78.0 Å². The number of halogens is 2. The van der Waals surface area contributed by atoms with Gasteiger partial charge in [0.2, 0.25) is 0 Å². The summed E-state index contributed by atoms with van der Waals surface area (Å²) >= 11 is 3.29. The molecule has 1 aromatic heterocycles. The van der Waals surface area contributed by atoms with E-state index in [0.717, 1.165) is 11.8 Å². The summed E-state index contributed by atoms with van der Waals surface area (Å²) in [5, 5.41) is 18.5. The Morgan fingerprint density at radius 1 is 1.50 bits per heavy atom. The third-order valence-electron chi connectivity index (χ3n) is 2.76. The Bertz CT molecular complexity index is 635. The molecule has 0 unspecified atom stereocenters. The normalized spacial score (nSPS) is 10.8. The zero-order chi connectivity index (χ0) is 14.9. The van der Waals surface area contributed by atoms with Gasteiger partial charge in [-0.15, -0.1) is 0 Å². The number of hydrogen-bond acceptors (Lipinski definition) is 3. The molecule has 1 aromatic carbocycles. The zero-order valence-corrected chi connectivity index (χ0v) is 12.5. The van der Waals surface area contributed by atoms with Crippen LogP contribution in [0, 0.1) is 5.82 Å². The summed E-state index contributed by atoms with van der Waals surface area (Å²) in [6, 6.07) is 3.79. The van der Waals surface area contributed by atoms with Crippen LogP contribution in [0.25, 0.3) is 0 Å². The monoisotopic (exact) mass is 341 g/mol. The van der Waals surface area contributed by atoms with Gasteiger partial charge in [0, 0.05) is 0 Å². The summed E-state index contributed by atoms with van der Waals surface area (Å²) in [6.07, 6.45) is 0. The maximum atomic E-state index is 13.5. The van der Waals surface area contributed by atoms with E-state index in [1.165, 1.54) is 12.1 Å². The maximum absolute atomic E-state index is 13.5. The number of hydrogen-bond donors (Lipinski definition) is 3. The van der Waals surface area contributed by atoms with E-state index in [9.17, 15) is 14.3 Å². The number of nitrogens with zero attached hydrogens (tertiary/aromatic N) is 1. The summed E-state index contributed by atoms with van der Waals surface area (Å²) in [5.41, 5.74) is 0.614. The van der Waals surface area contributed by atoms with Crippen molar-refractivity contribution >= 4 is 27.5 Å². The molecule has 0 saturated heterocycles. The fourth-order valence-corrected chi connectivity index (χ4v) is 2.50. The highest BCUT2D eigenvalue weighted by molar-refractivity contribution is 9.10. The summed E-state index contributed by atoms with van der Waals surface area (Å²) in [5.74, 6) is -1.51. The van der Waals surface area contributed by atoms with Crippen LogP contribution in [-0.2, 0) is 0 Å². The van der Waals surface area contributed by atoms with Crippen LogP contribution in [0.15, 0.2) is 22.7 Å². The number of para-hydroxylation sites is 1. The van der Waals surface area contributed by atoms with Gasteiger partial charge in [-0.3, -0.25) is 9.89 Å². The highest BCUT2D eigenvalue weighted by atomic mass is 79.9. The first-order valence-corrected chi connectivity index (χ1v) is 6.73. The number of aromatic hydroxyl groups is 1. The first-order chi connectivity index (χ1) is 9.41. The van der Waals surface area contributed by atoms with Gasteiger partial charge in [0.1, 0.15) is 11.4 Å². The molecule has 1 heterocycles. The number of H-pyrrole nitrogens is 1. The van der Waals surface area contributed by atoms with E-state index < -0.39 is 11.7 Å². The molecule has 0 spiro atoms. The van der Waals surface area contributed by atoms with Gasteiger partial charge in [0.25, 0.3) is 5.91 Å². The first kappa shape index (κ1) is 14.5. The largest absolute Gasteiger partial charge is 0.506 e. The van der Waals surface area contributed by atoms with Gasteiger partial charge < -0.3 is 10.4 Å². The second kappa shape index (κ2) is 5.62. The quantitative estimate of drug-likeness (QED) is 0.748. The number of carbonyl (C=O) groups is 1. The van der Waals surface area contributed by atoms with Crippen LogP contribution in [0.3, 0.4) is 0 Å². The number of carbonyl (C=O) groups excluding carboxylic acids is 1. The minimum atomic E-state index is -0.714. The second-order valence-corrected chi connectivity index (χ2v) is 5.34. The lowest BCUT2D eigenvalue weighted by molar-refractivity contribution is 0.102. The molecule has 0 radical (unpaired) electrons. The highest BCUT2D eigenvalue weighted by Gasteiger charge is 2.21. The van der Waals surface area contributed by atoms with E-state index in [1.807, 2.05) is 13.8 Å². The minimum Gasteiger partial charge on any atom is -0.506 e. The number of phenolic OH excluding ortho intramolecular Hbond substituents is 1. The number of aromatic nitrogens is 2. The molecule has 0 bridgehead atoms. The molecule has 0 aliphatic carbocycles. The van der Waals surface area contributed by atoms with Crippen LogP contribution < -0.4 is 5.32 Å². The Balaban J connectivity index is 2.29. The molecule has 0 fully saturated rings. The lowest BCUT2D eigenvalue weighted by Crippen LogP contribution is -2.14. The van der Waals surface area contributed by atoms with Crippen LogP contribution in [0.1, 0.15) is 35.9 Å². The Labute approximate surface area is 123 Å². The summed E-state index contributed by atoms with van der Waals surface area (Å²) in [4.78, 5) is 12.1. The van der Waals surface area contributed by atoms with Crippen LogP contribution in [-0.4, -0.2) is 21.2 Å². The van der Waals surface area contributed by atoms with Crippen molar-refractivity contribution in [1.82, 2.24) is 10.2 Å². The molecule has 1 amide bonds. The SMILES string of the molecule is CC(C)c1[nH]nc(C(=O)Nc2c(O)cccc2F)c1Br. The van der Waals surface area contributed by atoms with E-state index in [2.05, 4.69) is 31.4 Å². The Morgan fingerprint density at radius 3 is 2.75 bits per heavy atom. The predicted octanol–water partition coefficient (Wildman–Crippen LogP) is 3.39. The Kier molecular flexibility index (Phi) is 4.08. The molecule has 2 aromatic rings. The molecule has 0 atom stereocenters. The number of rotatable bonds is 3. The van der Waals surface area contributed by atoms with Crippen LogP contribution in [0.2, 0.25) is 0 Å². The first-order valence-electron chi connectivity index (χ1n) is 5.94. The fourth-order valence-electron chi connectivity index (χ4n) is 1.68. The van der Waals surface area contributed by atoms with E-state index in [1.54, 1.807) is 0 Å². The smallest absolute Gasteiger partial charge is 0.277 e. The summed E-state index contributed by atoms with van der Waals surface area (Å²) < 4.78 is 14.1. The molecular formula is C13H13BrFN3O2. The Morgan fingerprint density at radius 2 is 2.20 bits per heavy atom. The van der Waals surface area contributed by atoms with Gasteiger partial charge in [-0.05, 0) is 34.0 Å². The molecule has 0 aliphatic heterocycles. The van der Waals surface area contributed by atoms with Gasteiger partial charge in [-0.25, -0.2) is 4.39 Å². The molecule has 5 nitrogen and oxygen atoms in total. The van der Waals surface area contributed by atoms with Crippen LogP contribution in [0.5, 0.6) is 5.75 Å². The molecule has 20 heavy (non-hydrogen) atoms. The van der Waals surface area contributed by atoms with Crippen molar-refractivity contribution in [3.8, 4) is 5.75 Å². The minimum absolute atomic E-state index is 0.108. The summed E-state index contributed by atoms with van der Waals surface area (Å²) in [6.45, 7) is 3.89. The lowest BCUT2D eigenvalue weighted by atomic mass is 10.1. The molecule has 106 valence electrons. The van der Waals surface area contributed by atoms with Crippen molar-refractivity contribution < 1.29 is 14.3 Å². The van der Waals surface area contributed by atoms with Gasteiger partial charge in [0.15, 0.2) is 11.5 Å². The number of aromatic amines is 1. The molecular weight excluding hydrogens is 329 g/mol. The van der Waals surface area contributed by atoms with Crippen molar-refractivity contribution in [3.63, 3.8) is 0 Å². The zero-order valence-electron chi connectivity index (χ0n) is 10.9. The van der Waals surface area contributed by atoms with Crippen LogP contribution >= 0.6 is 15.9 Å². The standard InChI is InChI=1S/C13H13BrFN3O2/c1-6(2)10-9(14)12(18-17-10)13(20)16-11-7(15)4-3-5-8(11)19/h3-6,19H,1-2H3,(H,16,20)(H,17,18). The van der Waals surface area contributed by atoms with Gasteiger partial charge in [-0.2, -0.15) is 5.10 Å². The third-order valence-corrected chi connectivity index (χ3v) is 3.56. The van der Waals surface area contributed by atoms with Gasteiger partial charge in [0.05, 0.1) is 10.2 Å². The number of anilines is 1. The molecule has 0 saturated carbocycles. The number of phenols is 1. The molecule has 7 heteroatoms. The highest BCUT2D eigenvalue weighted by Crippen LogP contribution is 2.29. The number of amides is 1. The van der Waals surface area contributed by atoms with Crippen LogP contribution in [0.4, 0.5) is 10.1 Å². The van der Waals surface area contributed by atoms with Crippen molar-refractivity contribution in [2.24, 2.45) is 0 Å². The summed E-state index contributed by atoms with van der Waals surface area (Å²) in [7, 11) is 0. The molecule has 3 N–H and O–H groups in total. The van der Waals surface area contributed by atoms with Crippen molar-refractivity contribution in [1.29, 1.82) is 0 Å². The maximum Gasteiger partial charge on any atom is 0.277 e. The average molecular weight is 342 g/mol. The Hall–Kier alpha value is -1.89. The molecule has 2 rings (SSSR count). The van der Waals surface area contributed by atoms with Gasteiger partial charge in [-0.1, -0.05) is 19.9 Å². The number of benzene rings is 1. The van der Waals surface area contributed by atoms with E-state index in [0.29, 0.717) is 4.47 Å². The van der Waals surface area contributed by atoms with Crippen molar-refractivity contribution in [3.05, 3.63) is 39.9 Å². The van der Waals surface area contributed by atoms with Crippen molar-refractivity contribution in [2.45, 2.75) is 19.8 Å². The van der Waals surface area contributed by atoms with E-state index in [4.69, 9.17) is 0 Å². The van der Waals surface area contributed by atoms with Crippen molar-refractivity contribution in [2.75, 3.05) is 5.32 Å². The van der Waals surface area contributed by atoms with Gasteiger partial charge >= 0.3 is 0 Å². The van der Waals surface area contributed by atoms with E-state index >= 15 is 0 Å². The number of nitrogens with one attached hydrogen (secondary N) is 2. The lowest BCUT2D eigenvalue weighted by Gasteiger charge is -2.07. The predicted molar refractivity (Wildman–Crippen MR) is 76.4 cm³/mol. The molecule has 0 aliphatic rings. The van der Waals surface area contributed by atoms with E-state index in [-0.39, 0.29) is 23.0 Å².